The zero-order valence-electron chi connectivity index (χ0n) is 12.3. The summed E-state index contributed by atoms with van der Waals surface area (Å²) in [6.07, 6.45) is 1.58. The first-order chi connectivity index (χ1) is 11.5. The fourth-order valence-electron chi connectivity index (χ4n) is 2.21. The summed E-state index contributed by atoms with van der Waals surface area (Å²) < 4.78 is 15.2. The van der Waals surface area contributed by atoms with Gasteiger partial charge in [-0.1, -0.05) is 39.7 Å². The minimum atomic E-state index is -0.637. The third-order valence-corrected chi connectivity index (χ3v) is 4.13. The van der Waals surface area contributed by atoms with Crippen LogP contribution in [0.25, 0.3) is 11.3 Å². The number of amides is 1. The number of nitrogens with zero attached hydrogens (tertiary/aromatic N) is 1. The van der Waals surface area contributed by atoms with Crippen LogP contribution in [0.4, 0.5) is 10.1 Å². The summed E-state index contributed by atoms with van der Waals surface area (Å²) >= 11 is 9.39. The smallest absolute Gasteiger partial charge is 0.258 e. The summed E-state index contributed by atoms with van der Waals surface area (Å²) in [6, 6.07) is 14.7. The Morgan fingerprint density at radius 1 is 1.12 bits per heavy atom. The molecule has 0 fully saturated rings. The largest absolute Gasteiger partial charge is 0.322 e. The molecule has 1 amide bonds. The van der Waals surface area contributed by atoms with Gasteiger partial charge in [0.15, 0.2) is 0 Å². The normalized spacial score (nSPS) is 10.5. The van der Waals surface area contributed by atoms with Gasteiger partial charge in [0.2, 0.25) is 0 Å². The van der Waals surface area contributed by atoms with Gasteiger partial charge in [-0.15, -0.1) is 0 Å². The SMILES string of the molecule is O=C(Nc1cccc(Br)c1)c1ccc(-c2ncccc2Cl)cc1F. The van der Waals surface area contributed by atoms with Crippen LogP contribution in [0.1, 0.15) is 10.4 Å². The van der Waals surface area contributed by atoms with E-state index in [0.717, 1.165) is 4.47 Å². The standard InChI is InChI=1S/C18H11BrClFN2O/c19-12-3-1-4-13(10-12)23-18(24)14-7-6-11(9-16(14)21)17-15(20)5-2-8-22-17/h1-10H,(H,23,24). The summed E-state index contributed by atoms with van der Waals surface area (Å²) in [5.74, 6) is -1.16. The number of anilines is 1. The highest BCUT2D eigenvalue weighted by Crippen LogP contribution is 2.27. The fourth-order valence-corrected chi connectivity index (χ4v) is 2.84. The molecule has 24 heavy (non-hydrogen) atoms. The van der Waals surface area contributed by atoms with E-state index in [1.54, 1.807) is 42.6 Å². The lowest BCUT2D eigenvalue weighted by atomic mass is 10.1. The Morgan fingerprint density at radius 3 is 2.67 bits per heavy atom. The number of aromatic nitrogens is 1. The van der Waals surface area contributed by atoms with E-state index in [1.807, 2.05) is 6.07 Å². The number of rotatable bonds is 3. The highest BCUT2D eigenvalue weighted by Gasteiger charge is 2.14. The molecule has 6 heteroatoms. The molecule has 0 bridgehead atoms. The highest BCUT2D eigenvalue weighted by molar-refractivity contribution is 9.10. The van der Waals surface area contributed by atoms with Gasteiger partial charge in [-0.2, -0.15) is 0 Å². The van der Waals surface area contributed by atoms with Crippen molar-refractivity contribution in [2.24, 2.45) is 0 Å². The summed E-state index contributed by atoms with van der Waals surface area (Å²) in [5, 5.41) is 3.08. The number of carbonyl (C=O) groups is 1. The van der Waals surface area contributed by atoms with E-state index in [9.17, 15) is 9.18 Å². The zero-order valence-corrected chi connectivity index (χ0v) is 14.6. The molecule has 3 aromatic rings. The van der Waals surface area contributed by atoms with Crippen LogP contribution in [-0.2, 0) is 0 Å². The highest BCUT2D eigenvalue weighted by atomic mass is 79.9. The Kier molecular flexibility index (Phi) is 4.92. The average Bonchev–Trinajstić information content (AvgIpc) is 2.55. The van der Waals surface area contributed by atoms with Crippen LogP contribution < -0.4 is 5.32 Å². The number of hydrogen-bond acceptors (Lipinski definition) is 2. The van der Waals surface area contributed by atoms with E-state index in [2.05, 4.69) is 26.2 Å². The van der Waals surface area contributed by atoms with E-state index in [4.69, 9.17) is 11.6 Å². The van der Waals surface area contributed by atoms with Gasteiger partial charge < -0.3 is 5.32 Å². The molecule has 0 spiro atoms. The van der Waals surface area contributed by atoms with Crippen molar-refractivity contribution in [3.05, 3.63) is 81.7 Å². The summed E-state index contributed by atoms with van der Waals surface area (Å²) in [7, 11) is 0. The molecule has 0 unspecified atom stereocenters. The summed E-state index contributed by atoms with van der Waals surface area (Å²) in [4.78, 5) is 16.4. The Bertz CT molecular complexity index is 917. The van der Waals surface area contributed by atoms with Gasteiger partial charge >= 0.3 is 0 Å². The maximum atomic E-state index is 14.4. The van der Waals surface area contributed by atoms with Crippen molar-refractivity contribution < 1.29 is 9.18 Å². The molecule has 3 nitrogen and oxygen atoms in total. The molecule has 2 aromatic carbocycles. The van der Waals surface area contributed by atoms with Gasteiger partial charge in [-0.05, 0) is 42.5 Å². The molecule has 1 N–H and O–H groups in total. The second-order valence-corrected chi connectivity index (χ2v) is 6.32. The predicted octanol–water partition coefficient (Wildman–Crippen LogP) is 5.56. The third kappa shape index (κ3) is 3.63. The van der Waals surface area contributed by atoms with Crippen LogP contribution in [0, 0.1) is 5.82 Å². The molecular weight excluding hydrogens is 395 g/mol. The van der Waals surface area contributed by atoms with Crippen LogP contribution in [0.5, 0.6) is 0 Å². The lowest BCUT2D eigenvalue weighted by Gasteiger charge is -2.08. The van der Waals surface area contributed by atoms with Crippen LogP contribution in [0.15, 0.2) is 65.3 Å². The van der Waals surface area contributed by atoms with Gasteiger partial charge in [-0.3, -0.25) is 9.78 Å². The molecule has 0 aliphatic carbocycles. The van der Waals surface area contributed by atoms with E-state index >= 15 is 0 Å². The number of benzene rings is 2. The number of nitrogens with one attached hydrogen (secondary N) is 1. The third-order valence-electron chi connectivity index (χ3n) is 3.33. The summed E-state index contributed by atoms with van der Waals surface area (Å²) in [6.45, 7) is 0. The average molecular weight is 406 g/mol. The topological polar surface area (TPSA) is 42.0 Å². The predicted molar refractivity (Wildman–Crippen MR) is 96.7 cm³/mol. The van der Waals surface area contributed by atoms with Gasteiger partial charge in [0.1, 0.15) is 5.82 Å². The monoisotopic (exact) mass is 404 g/mol. The number of carbonyl (C=O) groups excluding carboxylic acids is 1. The molecule has 0 aliphatic rings. The second kappa shape index (κ2) is 7.11. The second-order valence-electron chi connectivity index (χ2n) is 4.99. The van der Waals surface area contributed by atoms with Crippen molar-refractivity contribution in [2.75, 3.05) is 5.32 Å². The van der Waals surface area contributed by atoms with Crippen molar-refractivity contribution >= 4 is 39.1 Å². The number of pyridine rings is 1. The van der Waals surface area contributed by atoms with Gasteiger partial charge in [-0.25, -0.2) is 4.39 Å². The van der Waals surface area contributed by atoms with Crippen LogP contribution in [-0.4, -0.2) is 10.9 Å². The minimum Gasteiger partial charge on any atom is -0.322 e. The Balaban J connectivity index is 1.87. The van der Waals surface area contributed by atoms with Crippen molar-refractivity contribution in [1.29, 1.82) is 0 Å². The quantitative estimate of drug-likeness (QED) is 0.620. The van der Waals surface area contributed by atoms with E-state index in [1.165, 1.54) is 12.1 Å². The first-order valence-corrected chi connectivity index (χ1v) is 8.19. The van der Waals surface area contributed by atoms with E-state index in [-0.39, 0.29) is 5.56 Å². The molecule has 0 aliphatic heterocycles. The summed E-state index contributed by atoms with van der Waals surface area (Å²) in [5.41, 5.74) is 1.51. The molecule has 0 radical (unpaired) electrons. The van der Waals surface area contributed by atoms with Crippen molar-refractivity contribution in [3.63, 3.8) is 0 Å². The molecule has 0 atom stereocenters. The lowest BCUT2D eigenvalue weighted by molar-refractivity contribution is 0.102. The van der Waals surface area contributed by atoms with Gasteiger partial charge in [0.05, 0.1) is 16.3 Å². The Morgan fingerprint density at radius 2 is 1.96 bits per heavy atom. The Hall–Kier alpha value is -2.24. The van der Waals surface area contributed by atoms with E-state index in [0.29, 0.717) is 22.0 Å². The molecule has 0 saturated carbocycles. The van der Waals surface area contributed by atoms with Gasteiger partial charge in [0.25, 0.3) is 5.91 Å². The molecule has 1 heterocycles. The molecule has 120 valence electrons. The van der Waals surface area contributed by atoms with Crippen molar-refractivity contribution in [2.45, 2.75) is 0 Å². The molecule has 3 rings (SSSR count). The van der Waals surface area contributed by atoms with Crippen LogP contribution in [0.2, 0.25) is 5.02 Å². The molecule has 0 saturated heterocycles. The van der Waals surface area contributed by atoms with Crippen LogP contribution >= 0.6 is 27.5 Å². The molecular formula is C18H11BrClFN2O. The Labute approximate surface area is 151 Å². The number of hydrogen-bond donors (Lipinski definition) is 1. The van der Waals surface area contributed by atoms with Crippen molar-refractivity contribution in [1.82, 2.24) is 4.98 Å². The first kappa shape index (κ1) is 16.6. The molecule has 1 aromatic heterocycles. The minimum absolute atomic E-state index is 0.0502. The van der Waals surface area contributed by atoms with E-state index < -0.39 is 11.7 Å². The number of halogens is 3. The van der Waals surface area contributed by atoms with Crippen LogP contribution in [0.3, 0.4) is 0 Å². The zero-order chi connectivity index (χ0) is 17.1. The first-order valence-electron chi connectivity index (χ1n) is 7.02. The fraction of sp³-hybridized carbons (Fsp3) is 0. The van der Waals surface area contributed by atoms with Gasteiger partial charge in [0, 0.05) is 21.9 Å². The lowest BCUT2D eigenvalue weighted by Crippen LogP contribution is -2.13. The maximum absolute atomic E-state index is 14.4. The maximum Gasteiger partial charge on any atom is 0.258 e. The van der Waals surface area contributed by atoms with Crippen molar-refractivity contribution in [3.8, 4) is 11.3 Å².